The van der Waals surface area contributed by atoms with E-state index in [0.717, 1.165) is 11.0 Å². The maximum absolute atomic E-state index is 4.93. The molecule has 1 heterocycles. The van der Waals surface area contributed by atoms with Gasteiger partial charge in [-0.3, -0.25) is 0 Å². The van der Waals surface area contributed by atoms with Crippen LogP contribution in [0.15, 0.2) is 146 Å². The van der Waals surface area contributed by atoms with Crippen molar-refractivity contribution in [2.24, 2.45) is 0 Å². The molecule has 0 bridgehead atoms. The Morgan fingerprint density at radius 3 is 1.66 bits per heavy atom. The summed E-state index contributed by atoms with van der Waals surface area (Å²) in [7, 11) is 0. The van der Waals surface area contributed by atoms with Crippen LogP contribution < -0.4 is 15.9 Å². The van der Waals surface area contributed by atoms with Gasteiger partial charge in [-0.15, -0.1) is 0 Å². The second-order valence-corrected chi connectivity index (χ2v) is 15.8. The minimum absolute atomic E-state index is 1.02. The molecule has 1 nitrogen and oxygen atoms in total. The van der Waals surface area contributed by atoms with Crippen molar-refractivity contribution in [1.29, 1.82) is 0 Å². The topological polar surface area (TPSA) is 12.9 Å². The van der Waals surface area contributed by atoms with Crippen LogP contribution in [0.2, 0.25) is 0 Å². The van der Waals surface area contributed by atoms with Crippen molar-refractivity contribution in [3.8, 4) is 11.1 Å². The van der Waals surface area contributed by atoms with Crippen molar-refractivity contribution in [3.63, 3.8) is 0 Å². The molecule has 0 saturated carbocycles. The van der Waals surface area contributed by atoms with Crippen molar-refractivity contribution in [2.45, 2.75) is 0 Å². The first-order chi connectivity index (χ1) is 18.7. The SMILES string of the molecule is [Se]=P(c1ccccc1)(c1ccc(-c2c3ccccc3nc3ccccc23)cc1)c1ccc2ccccc2c1. The number of fused-ring (bicyclic) bond motifs is 3. The van der Waals surface area contributed by atoms with E-state index in [1.54, 1.807) is 0 Å². The first-order valence-electron chi connectivity index (χ1n) is 12.8. The first kappa shape index (κ1) is 23.3. The standard InChI is InChI=1S/C35H24NPSe/c38-37(28-12-2-1-3-13-28,30-23-18-25-10-4-5-11-27(25)24-30)29-21-19-26(20-22-29)35-31-14-6-8-16-33(31)36-34-17-9-7-15-32(34)35/h1-24H. The van der Waals surface area contributed by atoms with Gasteiger partial charge in [-0.25, -0.2) is 0 Å². The van der Waals surface area contributed by atoms with Crippen LogP contribution in [0.1, 0.15) is 0 Å². The zero-order chi connectivity index (χ0) is 25.5. The molecule has 0 aliphatic rings. The molecular formula is C35H24NPSe. The van der Waals surface area contributed by atoms with Crippen LogP contribution >= 0.6 is 5.51 Å². The van der Waals surface area contributed by atoms with Crippen molar-refractivity contribution >= 4 is 69.1 Å². The molecule has 38 heavy (non-hydrogen) atoms. The number of nitrogens with zero attached hydrogens (tertiary/aromatic N) is 1. The zero-order valence-electron chi connectivity index (χ0n) is 20.7. The molecule has 180 valence electrons. The Hall–Kier alpha value is -3.80. The fourth-order valence-corrected chi connectivity index (χ4v) is 10.4. The monoisotopic (exact) mass is 569 g/mol. The summed E-state index contributed by atoms with van der Waals surface area (Å²) in [4.78, 5) is 4.93. The molecule has 1 unspecified atom stereocenters. The number of hydrogen-bond donors (Lipinski definition) is 0. The molecule has 0 aliphatic heterocycles. The van der Waals surface area contributed by atoms with Gasteiger partial charge in [-0.2, -0.15) is 0 Å². The van der Waals surface area contributed by atoms with E-state index in [0.29, 0.717) is 0 Å². The summed E-state index contributed by atoms with van der Waals surface area (Å²) < 4.78 is 0. The van der Waals surface area contributed by atoms with Gasteiger partial charge in [0.1, 0.15) is 0 Å². The van der Waals surface area contributed by atoms with Gasteiger partial charge >= 0.3 is 231 Å². The van der Waals surface area contributed by atoms with E-state index in [9.17, 15) is 0 Å². The average molecular weight is 569 g/mol. The number of para-hydroxylation sites is 2. The van der Waals surface area contributed by atoms with Crippen molar-refractivity contribution in [1.82, 2.24) is 4.98 Å². The summed E-state index contributed by atoms with van der Waals surface area (Å²) in [6.07, 6.45) is 0. The molecule has 6 aromatic carbocycles. The summed E-state index contributed by atoms with van der Waals surface area (Å²) in [6.45, 7) is 0. The average Bonchev–Trinajstić information content (AvgIpc) is 2.99. The van der Waals surface area contributed by atoms with Gasteiger partial charge in [0.2, 0.25) is 0 Å². The predicted molar refractivity (Wildman–Crippen MR) is 167 cm³/mol. The quantitative estimate of drug-likeness (QED) is 0.121. The Kier molecular flexibility index (Phi) is 5.83. The third-order valence-corrected chi connectivity index (χ3v) is 14.4. The number of hydrogen-bond acceptors (Lipinski definition) is 1. The number of aromatic nitrogens is 1. The van der Waals surface area contributed by atoms with Gasteiger partial charge < -0.3 is 0 Å². The molecule has 7 rings (SSSR count). The second kappa shape index (κ2) is 9.50. The van der Waals surface area contributed by atoms with Crippen LogP contribution in [0.25, 0.3) is 43.7 Å². The third kappa shape index (κ3) is 3.85. The Balaban J connectivity index is 1.43. The van der Waals surface area contributed by atoms with Crippen molar-refractivity contribution < 1.29 is 0 Å². The van der Waals surface area contributed by atoms with Crippen molar-refractivity contribution in [2.75, 3.05) is 0 Å². The first-order valence-corrected chi connectivity index (χ1v) is 16.8. The fraction of sp³-hybridized carbons (Fsp3) is 0. The summed E-state index contributed by atoms with van der Waals surface area (Å²) in [5.41, 5.74) is 2.53. The summed E-state index contributed by atoms with van der Waals surface area (Å²) >= 11 is 3.72. The third-order valence-electron chi connectivity index (χ3n) is 7.32. The maximum atomic E-state index is 4.93. The van der Waals surface area contributed by atoms with Gasteiger partial charge in [0, 0.05) is 0 Å². The van der Waals surface area contributed by atoms with E-state index in [1.165, 1.54) is 48.6 Å². The molecule has 0 aliphatic carbocycles. The molecule has 0 N–H and O–H groups in total. The predicted octanol–water partition coefficient (Wildman–Crippen LogP) is 7.59. The minimum atomic E-state index is -1.98. The van der Waals surface area contributed by atoms with Gasteiger partial charge in [0.05, 0.1) is 0 Å². The normalized spacial score (nSPS) is 13.1. The van der Waals surface area contributed by atoms with E-state index in [4.69, 9.17) is 4.98 Å². The summed E-state index contributed by atoms with van der Waals surface area (Å²) in [5.74, 6) is 0. The van der Waals surface area contributed by atoms with E-state index in [2.05, 4.69) is 161 Å². The van der Waals surface area contributed by atoms with Crippen LogP contribution in [-0.2, 0) is 0 Å². The van der Waals surface area contributed by atoms with Gasteiger partial charge in [-0.1, -0.05) is 0 Å². The Morgan fingerprint density at radius 2 is 0.974 bits per heavy atom. The van der Waals surface area contributed by atoms with E-state index >= 15 is 0 Å². The molecule has 0 saturated heterocycles. The Morgan fingerprint density at radius 1 is 0.447 bits per heavy atom. The molecule has 0 fully saturated rings. The van der Waals surface area contributed by atoms with Gasteiger partial charge in [-0.05, 0) is 0 Å². The molecule has 0 radical (unpaired) electrons. The van der Waals surface area contributed by atoms with E-state index in [1.807, 2.05) is 0 Å². The van der Waals surface area contributed by atoms with Crippen LogP contribution in [-0.4, -0.2) is 20.1 Å². The Bertz CT molecular complexity index is 1940. The molecule has 3 heteroatoms. The molecule has 1 aromatic heterocycles. The van der Waals surface area contributed by atoms with Gasteiger partial charge in [0.15, 0.2) is 0 Å². The summed E-state index contributed by atoms with van der Waals surface area (Å²) in [6, 6.07) is 52.6. The molecular weight excluding hydrogens is 544 g/mol. The van der Waals surface area contributed by atoms with Crippen molar-refractivity contribution in [3.05, 3.63) is 146 Å². The number of benzene rings is 6. The molecule has 7 aromatic rings. The molecule has 0 amide bonds. The van der Waals surface area contributed by atoms with Crippen LogP contribution in [0, 0.1) is 0 Å². The number of pyridine rings is 1. The molecule has 0 spiro atoms. The van der Waals surface area contributed by atoms with Gasteiger partial charge in [0.25, 0.3) is 0 Å². The van der Waals surface area contributed by atoms with Crippen LogP contribution in [0.4, 0.5) is 0 Å². The van der Waals surface area contributed by atoms with Crippen LogP contribution in [0.3, 0.4) is 0 Å². The fourth-order valence-electron chi connectivity index (χ4n) is 5.45. The number of rotatable bonds is 4. The second-order valence-electron chi connectivity index (χ2n) is 9.54. The Labute approximate surface area is 230 Å². The molecule has 1 atom stereocenters. The zero-order valence-corrected chi connectivity index (χ0v) is 23.3. The van der Waals surface area contributed by atoms with Crippen LogP contribution in [0.5, 0.6) is 0 Å². The van der Waals surface area contributed by atoms with E-state index < -0.39 is 5.51 Å². The van der Waals surface area contributed by atoms with E-state index in [-0.39, 0.29) is 0 Å². The summed E-state index contributed by atoms with van der Waals surface area (Å²) in [5, 5.41) is 8.90.